The second-order valence-corrected chi connectivity index (χ2v) is 7.71. The lowest BCUT2D eigenvalue weighted by atomic mass is 9.88. The van der Waals surface area contributed by atoms with Gasteiger partial charge in [-0.25, -0.2) is 0 Å². The molecule has 1 nitrogen and oxygen atoms in total. The van der Waals surface area contributed by atoms with E-state index in [1.807, 2.05) is 0 Å². The molecule has 0 heterocycles. The fraction of sp³-hybridized carbons (Fsp3) is 0.333. The molecule has 2 aromatic carbocycles. The van der Waals surface area contributed by atoms with Crippen molar-refractivity contribution in [3.05, 3.63) is 82.6 Å². The number of allylic oxidation sites excluding steroid dienone is 4. The highest BCUT2D eigenvalue weighted by atomic mass is 15.1. The molecule has 0 N–H and O–H groups in total. The minimum absolute atomic E-state index is 0.568. The van der Waals surface area contributed by atoms with Crippen molar-refractivity contribution in [2.75, 3.05) is 4.90 Å². The van der Waals surface area contributed by atoms with Crippen LogP contribution in [-0.4, -0.2) is 0 Å². The third-order valence-electron chi connectivity index (χ3n) is 5.55. The fourth-order valence-corrected chi connectivity index (χ4v) is 3.73. The lowest BCUT2D eigenvalue weighted by Crippen LogP contribution is -2.19. The molecule has 0 saturated carbocycles. The second kappa shape index (κ2) is 6.55. The summed E-state index contributed by atoms with van der Waals surface area (Å²) in [7, 11) is 0. The summed E-state index contributed by atoms with van der Waals surface area (Å²) >= 11 is 0. The van der Waals surface area contributed by atoms with Crippen LogP contribution in [0.2, 0.25) is 0 Å². The molecule has 2 aliphatic carbocycles. The molecule has 0 unspecified atom stereocenters. The Kier molecular flexibility index (Phi) is 4.25. The SMILES string of the molecule is CC1=CC=C(N(c2ccc(C(C)C)cc2)c2ccc3c(c2)CC3)CC1. The molecule has 0 spiro atoms. The zero-order valence-corrected chi connectivity index (χ0v) is 15.5. The Labute approximate surface area is 151 Å². The van der Waals surface area contributed by atoms with Crippen molar-refractivity contribution in [2.45, 2.75) is 52.4 Å². The largest absolute Gasteiger partial charge is 0.314 e. The van der Waals surface area contributed by atoms with Gasteiger partial charge in [0.2, 0.25) is 0 Å². The molecule has 0 radical (unpaired) electrons. The van der Waals surface area contributed by atoms with Crippen LogP contribution in [0.1, 0.15) is 56.2 Å². The third kappa shape index (κ3) is 3.16. The smallest absolute Gasteiger partial charge is 0.0461 e. The number of hydrogen-bond donors (Lipinski definition) is 0. The van der Waals surface area contributed by atoms with E-state index in [-0.39, 0.29) is 0 Å². The monoisotopic (exact) mass is 329 g/mol. The fourth-order valence-electron chi connectivity index (χ4n) is 3.73. The van der Waals surface area contributed by atoms with Crippen LogP contribution in [0.3, 0.4) is 0 Å². The van der Waals surface area contributed by atoms with Crippen LogP contribution in [0.4, 0.5) is 11.4 Å². The summed E-state index contributed by atoms with van der Waals surface area (Å²) in [6.45, 7) is 6.72. The zero-order valence-electron chi connectivity index (χ0n) is 15.5. The zero-order chi connectivity index (χ0) is 17.4. The molecule has 0 bridgehead atoms. The van der Waals surface area contributed by atoms with Gasteiger partial charge >= 0.3 is 0 Å². The standard InChI is InChI=1S/C24H27N/c1-17(2)19-8-13-23(14-9-19)25(22-11-4-18(3)5-12-22)24-15-10-20-6-7-21(20)16-24/h4,8-11,13-17H,5-7,12H2,1-3H3. The lowest BCUT2D eigenvalue weighted by molar-refractivity contribution is 0.833. The van der Waals surface area contributed by atoms with E-state index in [1.165, 1.54) is 52.2 Å². The van der Waals surface area contributed by atoms with Crippen molar-refractivity contribution in [2.24, 2.45) is 0 Å². The average molecular weight is 329 g/mol. The van der Waals surface area contributed by atoms with Gasteiger partial charge in [0.05, 0.1) is 0 Å². The molecule has 0 atom stereocenters. The van der Waals surface area contributed by atoms with Crippen LogP contribution in [0.15, 0.2) is 65.9 Å². The van der Waals surface area contributed by atoms with E-state index in [1.54, 1.807) is 0 Å². The first-order chi connectivity index (χ1) is 12.1. The van der Waals surface area contributed by atoms with E-state index in [2.05, 4.69) is 80.3 Å². The minimum atomic E-state index is 0.568. The van der Waals surface area contributed by atoms with E-state index < -0.39 is 0 Å². The summed E-state index contributed by atoms with van der Waals surface area (Å²) in [6.07, 6.45) is 9.29. The van der Waals surface area contributed by atoms with Crippen LogP contribution < -0.4 is 4.90 Å². The molecule has 1 heteroatoms. The first-order valence-corrected chi connectivity index (χ1v) is 9.50. The molecule has 0 saturated heterocycles. The van der Waals surface area contributed by atoms with E-state index in [0.29, 0.717) is 5.92 Å². The molecular weight excluding hydrogens is 302 g/mol. The van der Waals surface area contributed by atoms with Gasteiger partial charge in [0.1, 0.15) is 0 Å². The van der Waals surface area contributed by atoms with Crippen LogP contribution in [-0.2, 0) is 12.8 Å². The van der Waals surface area contributed by atoms with E-state index in [9.17, 15) is 0 Å². The number of benzene rings is 2. The molecule has 0 fully saturated rings. The maximum atomic E-state index is 2.45. The molecule has 25 heavy (non-hydrogen) atoms. The summed E-state index contributed by atoms with van der Waals surface area (Å²) in [4.78, 5) is 2.45. The predicted molar refractivity (Wildman–Crippen MR) is 108 cm³/mol. The molecular formula is C24H27N. The van der Waals surface area contributed by atoms with Gasteiger partial charge in [-0.1, -0.05) is 43.7 Å². The summed E-state index contributed by atoms with van der Waals surface area (Å²) in [6, 6.07) is 16.1. The van der Waals surface area contributed by atoms with Crippen LogP contribution in [0.5, 0.6) is 0 Å². The second-order valence-electron chi connectivity index (χ2n) is 7.71. The van der Waals surface area contributed by atoms with E-state index in [4.69, 9.17) is 0 Å². The van der Waals surface area contributed by atoms with Crippen molar-refractivity contribution in [3.8, 4) is 0 Å². The molecule has 0 aromatic heterocycles. The highest BCUT2D eigenvalue weighted by Crippen LogP contribution is 2.37. The quantitative estimate of drug-likeness (QED) is 0.605. The summed E-state index contributed by atoms with van der Waals surface area (Å²) in [5.41, 5.74) is 9.86. The van der Waals surface area contributed by atoms with Gasteiger partial charge in [-0.15, -0.1) is 0 Å². The Morgan fingerprint density at radius 2 is 1.48 bits per heavy atom. The highest BCUT2D eigenvalue weighted by Gasteiger charge is 2.20. The first kappa shape index (κ1) is 16.2. The number of aryl methyl sites for hydroxylation is 2. The average Bonchev–Trinajstić information content (AvgIpc) is 2.59. The maximum Gasteiger partial charge on any atom is 0.0461 e. The van der Waals surface area contributed by atoms with Gasteiger partial charge in [-0.05, 0) is 85.6 Å². The van der Waals surface area contributed by atoms with Crippen molar-refractivity contribution in [1.29, 1.82) is 0 Å². The molecule has 0 amide bonds. The number of nitrogens with zero attached hydrogens (tertiary/aromatic N) is 1. The van der Waals surface area contributed by atoms with Crippen LogP contribution in [0, 0.1) is 0 Å². The van der Waals surface area contributed by atoms with Crippen molar-refractivity contribution in [3.63, 3.8) is 0 Å². The Bertz CT molecular complexity index is 837. The van der Waals surface area contributed by atoms with Gasteiger partial charge in [0.25, 0.3) is 0 Å². The molecule has 2 aliphatic rings. The Hall–Kier alpha value is -2.28. The molecule has 2 aromatic rings. The van der Waals surface area contributed by atoms with Crippen LogP contribution in [0.25, 0.3) is 0 Å². The summed E-state index contributed by atoms with van der Waals surface area (Å²) in [5, 5.41) is 0. The molecule has 0 aliphatic heterocycles. The summed E-state index contributed by atoms with van der Waals surface area (Å²) < 4.78 is 0. The Morgan fingerprint density at radius 3 is 2.04 bits per heavy atom. The first-order valence-electron chi connectivity index (χ1n) is 9.50. The van der Waals surface area contributed by atoms with Crippen molar-refractivity contribution < 1.29 is 0 Å². The third-order valence-corrected chi connectivity index (χ3v) is 5.55. The number of anilines is 2. The minimum Gasteiger partial charge on any atom is -0.314 e. The van der Waals surface area contributed by atoms with Gasteiger partial charge in [-0.3, -0.25) is 0 Å². The van der Waals surface area contributed by atoms with Gasteiger partial charge in [0, 0.05) is 17.1 Å². The van der Waals surface area contributed by atoms with Crippen molar-refractivity contribution in [1.82, 2.24) is 0 Å². The predicted octanol–water partition coefficient (Wildman–Crippen LogP) is 6.67. The lowest BCUT2D eigenvalue weighted by Gasteiger charge is -2.31. The van der Waals surface area contributed by atoms with E-state index in [0.717, 1.165) is 12.8 Å². The number of fused-ring (bicyclic) bond motifs is 1. The number of hydrogen-bond acceptors (Lipinski definition) is 1. The maximum absolute atomic E-state index is 2.45. The normalized spacial score (nSPS) is 16.0. The van der Waals surface area contributed by atoms with Crippen molar-refractivity contribution >= 4 is 11.4 Å². The highest BCUT2D eigenvalue weighted by molar-refractivity contribution is 5.70. The Morgan fingerprint density at radius 1 is 0.760 bits per heavy atom. The Balaban J connectivity index is 1.76. The topological polar surface area (TPSA) is 3.24 Å². The van der Waals surface area contributed by atoms with Gasteiger partial charge in [0.15, 0.2) is 0 Å². The van der Waals surface area contributed by atoms with Gasteiger partial charge in [-0.2, -0.15) is 0 Å². The van der Waals surface area contributed by atoms with Crippen LogP contribution >= 0.6 is 0 Å². The van der Waals surface area contributed by atoms with E-state index >= 15 is 0 Å². The molecule has 4 rings (SSSR count). The summed E-state index contributed by atoms with van der Waals surface area (Å²) in [5.74, 6) is 0.568. The molecule has 128 valence electrons. The van der Waals surface area contributed by atoms with Gasteiger partial charge < -0.3 is 4.90 Å². The number of rotatable bonds is 4.